The quantitative estimate of drug-likeness (QED) is 0.629. The number of likely N-dealkylation sites (tertiary alicyclic amines) is 2. The lowest BCUT2D eigenvalue weighted by Gasteiger charge is -2.44. The topological polar surface area (TPSA) is 49.6 Å². The number of hydrogen-bond donors (Lipinski definition) is 0. The van der Waals surface area contributed by atoms with Crippen LogP contribution in [0.25, 0.3) is 0 Å². The summed E-state index contributed by atoms with van der Waals surface area (Å²) in [6, 6.07) is 3.43. The Kier molecular flexibility index (Phi) is 4.29. The molecular weight excluding hydrogens is 311 g/mol. The van der Waals surface area contributed by atoms with Gasteiger partial charge in [0, 0.05) is 37.8 Å². The predicted octanol–water partition coefficient (Wildman–Crippen LogP) is 2.89. The van der Waals surface area contributed by atoms with Gasteiger partial charge in [-0.05, 0) is 31.5 Å². The number of nitro groups is 1. The van der Waals surface area contributed by atoms with Crippen molar-refractivity contribution in [1.29, 1.82) is 0 Å². The minimum Gasteiger partial charge on any atom is -0.298 e. The second-order valence-corrected chi connectivity index (χ2v) is 6.19. The summed E-state index contributed by atoms with van der Waals surface area (Å²) < 4.78 is 39.4. The first-order chi connectivity index (χ1) is 10.8. The standard InChI is InChI=1S/C15H18F3N3O2/c16-15(17,18)14-7-12(21(22)23)4-3-11(14)8-19-9-13(10-19)20-5-1-2-6-20/h3-4,7,13H,1-2,5-6,8-10H2. The predicted molar refractivity (Wildman–Crippen MR) is 78.0 cm³/mol. The van der Waals surface area contributed by atoms with Gasteiger partial charge in [0.1, 0.15) is 0 Å². The van der Waals surface area contributed by atoms with Crippen LogP contribution in [-0.2, 0) is 12.7 Å². The zero-order valence-corrected chi connectivity index (χ0v) is 12.6. The molecule has 0 spiro atoms. The Hall–Kier alpha value is -1.67. The first kappa shape index (κ1) is 16.2. The van der Waals surface area contributed by atoms with Crippen LogP contribution < -0.4 is 0 Å². The summed E-state index contributed by atoms with van der Waals surface area (Å²) in [7, 11) is 0. The summed E-state index contributed by atoms with van der Waals surface area (Å²) in [6.45, 7) is 3.84. The molecule has 5 nitrogen and oxygen atoms in total. The van der Waals surface area contributed by atoms with Gasteiger partial charge in [0.15, 0.2) is 0 Å². The molecule has 0 aromatic heterocycles. The molecule has 0 aliphatic carbocycles. The molecule has 2 aliphatic heterocycles. The van der Waals surface area contributed by atoms with Crippen LogP contribution in [0.5, 0.6) is 0 Å². The number of nitro benzene ring substituents is 1. The van der Waals surface area contributed by atoms with Crippen molar-refractivity contribution >= 4 is 5.69 Å². The molecule has 126 valence electrons. The van der Waals surface area contributed by atoms with Crippen LogP contribution in [0.15, 0.2) is 18.2 Å². The molecule has 23 heavy (non-hydrogen) atoms. The number of benzene rings is 1. The van der Waals surface area contributed by atoms with Gasteiger partial charge in [-0.2, -0.15) is 13.2 Å². The van der Waals surface area contributed by atoms with Crippen molar-refractivity contribution in [2.24, 2.45) is 0 Å². The molecule has 0 unspecified atom stereocenters. The van der Waals surface area contributed by atoms with E-state index in [-0.39, 0.29) is 12.1 Å². The number of alkyl halides is 3. The average molecular weight is 329 g/mol. The number of rotatable bonds is 4. The Bertz CT molecular complexity index is 594. The highest BCUT2D eigenvalue weighted by Crippen LogP contribution is 2.35. The third-order valence-corrected chi connectivity index (χ3v) is 4.60. The summed E-state index contributed by atoms with van der Waals surface area (Å²) >= 11 is 0. The molecule has 0 bridgehead atoms. The van der Waals surface area contributed by atoms with Crippen LogP contribution in [0.1, 0.15) is 24.0 Å². The lowest BCUT2D eigenvalue weighted by Crippen LogP contribution is -2.58. The summed E-state index contributed by atoms with van der Waals surface area (Å²) in [4.78, 5) is 14.2. The molecular formula is C15H18F3N3O2. The summed E-state index contributed by atoms with van der Waals surface area (Å²) in [5.74, 6) is 0. The molecule has 0 atom stereocenters. The van der Waals surface area contributed by atoms with E-state index in [1.807, 2.05) is 4.90 Å². The summed E-state index contributed by atoms with van der Waals surface area (Å²) in [5, 5.41) is 10.7. The Morgan fingerprint density at radius 1 is 1.22 bits per heavy atom. The molecule has 2 fully saturated rings. The van der Waals surface area contributed by atoms with E-state index in [4.69, 9.17) is 0 Å². The number of hydrogen-bond acceptors (Lipinski definition) is 4. The van der Waals surface area contributed by atoms with Gasteiger partial charge in [0.25, 0.3) is 5.69 Å². The lowest BCUT2D eigenvalue weighted by atomic mass is 10.0. The zero-order chi connectivity index (χ0) is 16.6. The highest BCUT2D eigenvalue weighted by Gasteiger charge is 2.37. The molecule has 1 aromatic rings. The first-order valence-corrected chi connectivity index (χ1v) is 7.65. The Balaban J connectivity index is 1.69. The van der Waals surface area contributed by atoms with Crippen LogP contribution >= 0.6 is 0 Å². The van der Waals surface area contributed by atoms with Gasteiger partial charge < -0.3 is 0 Å². The maximum Gasteiger partial charge on any atom is 0.416 e. The summed E-state index contributed by atoms with van der Waals surface area (Å²) in [5.41, 5.74) is -1.33. The van der Waals surface area contributed by atoms with E-state index in [1.54, 1.807) is 0 Å². The van der Waals surface area contributed by atoms with Gasteiger partial charge in [0.2, 0.25) is 0 Å². The SMILES string of the molecule is O=[N+]([O-])c1ccc(CN2CC(N3CCCC3)C2)c(C(F)(F)F)c1. The molecule has 8 heteroatoms. The van der Waals surface area contributed by atoms with Gasteiger partial charge in [-0.1, -0.05) is 6.07 Å². The van der Waals surface area contributed by atoms with Gasteiger partial charge >= 0.3 is 6.18 Å². The molecule has 2 aliphatic rings. The normalized spacial score (nSPS) is 20.7. The third-order valence-electron chi connectivity index (χ3n) is 4.60. The fourth-order valence-corrected chi connectivity index (χ4v) is 3.33. The maximum atomic E-state index is 13.1. The molecule has 0 saturated carbocycles. The Morgan fingerprint density at radius 3 is 2.43 bits per heavy atom. The average Bonchev–Trinajstić information content (AvgIpc) is 2.94. The van der Waals surface area contributed by atoms with E-state index < -0.39 is 22.4 Å². The number of halogens is 3. The lowest BCUT2D eigenvalue weighted by molar-refractivity contribution is -0.385. The molecule has 0 N–H and O–H groups in total. The van der Waals surface area contributed by atoms with Crippen LogP contribution in [0.2, 0.25) is 0 Å². The van der Waals surface area contributed by atoms with E-state index >= 15 is 0 Å². The fourth-order valence-electron chi connectivity index (χ4n) is 3.33. The highest BCUT2D eigenvalue weighted by molar-refractivity contribution is 5.41. The second kappa shape index (κ2) is 6.09. The maximum absolute atomic E-state index is 13.1. The number of nitrogens with zero attached hydrogens (tertiary/aromatic N) is 3. The molecule has 2 saturated heterocycles. The molecule has 2 heterocycles. The van der Waals surface area contributed by atoms with Crippen molar-refractivity contribution in [1.82, 2.24) is 9.80 Å². The van der Waals surface area contributed by atoms with Crippen molar-refractivity contribution in [3.05, 3.63) is 39.4 Å². The highest BCUT2D eigenvalue weighted by atomic mass is 19.4. The Labute approximate surface area is 131 Å². The molecule has 3 rings (SSSR count). The zero-order valence-electron chi connectivity index (χ0n) is 12.6. The van der Waals surface area contributed by atoms with E-state index in [0.29, 0.717) is 12.1 Å². The molecule has 0 radical (unpaired) electrons. The molecule has 0 amide bonds. The minimum atomic E-state index is -4.58. The van der Waals surface area contributed by atoms with Crippen molar-refractivity contribution in [2.45, 2.75) is 31.6 Å². The third kappa shape index (κ3) is 3.48. The number of non-ortho nitro benzene ring substituents is 1. The van der Waals surface area contributed by atoms with E-state index in [0.717, 1.165) is 32.2 Å². The van der Waals surface area contributed by atoms with Crippen LogP contribution in [0.4, 0.5) is 18.9 Å². The van der Waals surface area contributed by atoms with E-state index in [2.05, 4.69) is 4.90 Å². The van der Waals surface area contributed by atoms with Crippen molar-refractivity contribution in [3.8, 4) is 0 Å². The van der Waals surface area contributed by atoms with Gasteiger partial charge in [-0.25, -0.2) is 0 Å². The van der Waals surface area contributed by atoms with Crippen molar-refractivity contribution < 1.29 is 18.1 Å². The van der Waals surface area contributed by atoms with Crippen LogP contribution in [0, 0.1) is 10.1 Å². The molecule has 1 aromatic carbocycles. The van der Waals surface area contributed by atoms with E-state index in [9.17, 15) is 23.3 Å². The minimum absolute atomic E-state index is 0.1000. The Morgan fingerprint density at radius 2 is 1.87 bits per heavy atom. The van der Waals surface area contributed by atoms with E-state index in [1.165, 1.54) is 18.9 Å². The largest absolute Gasteiger partial charge is 0.416 e. The van der Waals surface area contributed by atoms with Gasteiger partial charge in [0.05, 0.1) is 10.5 Å². The van der Waals surface area contributed by atoms with Crippen LogP contribution in [0.3, 0.4) is 0 Å². The second-order valence-electron chi connectivity index (χ2n) is 6.19. The van der Waals surface area contributed by atoms with Gasteiger partial charge in [-0.3, -0.25) is 19.9 Å². The first-order valence-electron chi connectivity index (χ1n) is 7.65. The van der Waals surface area contributed by atoms with Crippen molar-refractivity contribution in [2.75, 3.05) is 26.2 Å². The van der Waals surface area contributed by atoms with Crippen LogP contribution in [-0.4, -0.2) is 46.9 Å². The fraction of sp³-hybridized carbons (Fsp3) is 0.600. The summed E-state index contributed by atoms with van der Waals surface area (Å²) in [6.07, 6.45) is -2.20. The van der Waals surface area contributed by atoms with Gasteiger partial charge in [-0.15, -0.1) is 0 Å². The smallest absolute Gasteiger partial charge is 0.298 e. The monoisotopic (exact) mass is 329 g/mol. The van der Waals surface area contributed by atoms with Crippen molar-refractivity contribution in [3.63, 3.8) is 0 Å².